The van der Waals surface area contributed by atoms with E-state index in [1.54, 1.807) is 12.3 Å². The van der Waals surface area contributed by atoms with Gasteiger partial charge in [0, 0.05) is 23.5 Å². The number of hydrazone groups is 1. The fourth-order valence-corrected chi connectivity index (χ4v) is 2.82. The summed E-state index contributed by atoms with van der Waals surface area (Å²) >= 11 is 11.2. The molecule has 0 radical (unpaired) electrons. The van der Waals surface area contributed by atoms with Crippen LogP contribution >= 0.6 is 23.8 Å². The number of nitrogens with one attached hydrogen (secondary N) is 2. The Morgan fingerprint density at radius 2 is 1.96 bits per heavy atom. The Morgan fingerprint density at radius 1 is 1.15 bits per heavy atom. The van der Waals surface area contributed by atoms with Crippen LogP contribution in [-0.4, -0.2) is 15.9 Å². The maximum atomic E-state index is 5.96. The van der Waals surface area contributed by atoms with E-state index < -0.39 is 0 Å². The van der Waals surface area contributed by atoms with E-state index in [1.807, 2.05) is 36.5 Å². The molecule has 4 nitrogen and oxygen atoms in total. The molecule has 0 aliphatic heterocycles. The number of hydrogen-bond acceptors (Lipinski definition) is 2. The van der Waals surface area contributed by atoms with Crippen molar-refractivity contribution in [3.8, 4) is 0 Å². The van der Waals surface area contributed by atoms with Gasteiger partial charge in [0.2, 0.25) is 0 Å². The molecular formula is C20H19ClN4S. The average Bonchev–Trinajstić information content (AvgIpc) is 3.04. The zero-order valence-electron chi connectivity index (χ0n) is 14.3. The van der Waals surface area contributed by atoms with Crippen LogP contribution in [0.25, 0.3) is 0 Å². The monoisotopic (exact) mass is 382 g/mol. The summed E-state index contributed by atoms with van der Waals surface area (Å²) in [5, 5.41) is 8.31. The smallest absolute Gasteiger partial charge is 0.191 e. The predicted molar refractivity (Wildman–Crippen MR) is 113 cm³/mol. The topological polar surface area (TPSA) is 41.4 Å². The lowest BCUT2D eigenvalue weighted by Crippen LogP contribution is -2.24. The standard InChI is InChI=1S/C20H19ClN4S/c1-15-7-9-16(10-8-15)14-25-11-3-6-19(25)13-22-24-20(26)23-18-5-2-4-17(21)12-18/h2-13H,14H2,1H3,(H2,23,24,26). The Morgan fingerprint density at radius 3 is 2.73 bits per heavy atom. The van der Waals surface area contributed by atoms with Gasteiger partial charge in [0.05, 0.1) is 11.9 Å². The average molecular weight is 383 g/mol. The van der Waals surface area contributed by atoms with Crippen molar-refractivity contribution in [2.45, 2.75) is 13.5 Å². The van der Waals surface area contributed by atoms with E-state index in [0.29, 0.717) is 10.1 Å². The number of thiocarbonyl (C=S) groups is 1. The summed E-state index contributed by atoms with van der Waals surface area (Å²) in [6, 6.07) is 19.9. The van der Waals surface area contributed by atoms with Gasteiger partial charge in [-0.15, -0.1) is 0 Å². The first-order valence-corrected chi connectivity index (χ1v) is 8.95. The molecule has 0 atom stereocenters. The van der Waals surface area contributed by atoms with Crippen LogP contribution in [0.1, 0.15) is 16.8 Å². The van der Waals surface area contributed by atoms with Crippen molar-refractivity contribution in [3.05, 3.63) is 88.7 Å². The van der Waals surface area contributed by atoms with Crippen molar-refractivity contribution >= 4 is 40.8 Å². The number of rotatable bonds is 5. The van der Waals surface area contributed by atoms with Crippen LogP contribution < -0.4 is 10.7 Å². The first-order valence-electron chi connectivity index (χ1n) is 8.16. The molecule has 0 bridgehead atoms. The molecule has 0 aliphatic carbocycles. The molecule has 0 fully saturated rings. The Bertz CT molecular complexity index is 916. The molecule has 0 saturated heterocycles. The second-order valence-electron chi connectivity index (χ2n) is 5.88. The van der Waals surface area contributed by atoms with Crippen LogP contribution in [-0.2, 0) is 6.54 Å². The minimum absolute atomic E-state index is 0.403. The van der Waals surface area contributed by atoms with Gasteiger partial charge in [0.15, 0.2) is 5.11 Å². The van der Waals surface area contributed by atoms with Crippen molar-refractivity contribution in [1.29, 1.82) is 0 Å². The highest BCUT2D eigenvalue weighted by Gasteiger charge is 2.01. The molecule has 0 saturated carbocycles. The summed E-state index contributed by atoms with van der Waals surface area (Å²) < 4.78 is 2.13. The molecule has 0 spiro atoms. The Labute approximate surface area is 163 Å². The molecule has 3 aromatic rings. The van der Waals surface area contributed by atoms with Crippen molar-refractivity contribution in [2.75, 3.05) is 5.32 Å². The zero-order valence-corrected chi connectivity index (χ0v) is 15.9. The number of nitrogens with zero attached hydrogens (tertiary/aromatic N) is 2. The summed E-state index contributed by atoms with van der Waals surface area (Å²) in [4.78, 5) is 0. The van der Waals surface area contributed by atoms with Gasteiger partial charge in [0.25, 0.3) is 0 Å². The molecule has 3 rings (SSSR count). The van der Waals surface area contributed by atoms with E-state index in [9.17, 15) is 0 Å². The van der Waals surface area contributed by atoms with Gasteiger partial charge in [0.1, 0.15) is 0 Å². The Kier molecular flexibility index (Phi) is 6.04. The first kappa shape index (κ1) is 18.2. The molecule has 2 N–H and O–H groups in total. The van der Waals surface area contributed by atoms with Gasteiger partial charge in [-0.25, -0.2) is 0 Å². The van der Waals surface area contributed by atoms with Gasteiger partial charge >= 0.3 is 0 Å². The second-order valence-corrected chi connectivity index (χ2v) is 6.73. The quantitative estimate of drug-likeness (QED) is 0.377. The molecule has 1 heterocycles. The van der Waals surface area contributed by atoms with Crippen molar-refractivity contribution in [2.24, 2.45) is 5.10 Å². The molecule has 26 heavy (non-hydrogen) atoms. The lowest BCUT2D eigenvalue weighted by atomic mass is 10.1. The maximum absolute atomic E-state index is 5.96. The van der Waals surface area contributed by atoms with Crippen LogP contribution in [0.4, 0.5) is 5.69 Å². The van der Waals surface area contributed by atoms with Crippen molar-refractivity contribution in [1.82, 2.24) is 9.99 Å². The van der Waals surface area contributed by atoms with Crippen LogP contribution in [0.15, 0.2) is 72.0 Å². The molecule has 2 aromatic carbocycles. The highest BCUT2D eigenvalue weighted by molar-refractivity contribution is 7.80. The summed E-state index contributed by atoms with van der Waals surface area (Å²) in [7, 11) is 0. The summed E-state index contributed by atoms with van der Waals surface area (Å²) in [5.41, 5.74) is 7.12. The van der Waals surface area contributed by atoms with Crippen LogP contribution in [0.5, 0.6) is 0 Å². The molecule has 0 amide bonds. The number of anilines is 1. The highest BCUT2D eigenvalue weighted by Crippen LogP contribution is 2.14. The summed E-state index contributed by atoms with van der Waals surface area (Å²) in [5.74, 6) is 0. The van der Waals surface area contributed by atoms with Crippen molar-refractivity contribution < 1.29 is 0 Å². The third-order valence-corrected chi connectivity index (χ3v) is 4.21. The van der Waals surface area contributed by atoms with Crippen molar-refractivity contribution in [3.63, 3.8) is 0 Å². The third-order valence-electron chi connectivity index (χ3n) is 3.78. The number of aromatic nitrogens is 1. The minimum atomic E-state index is 0.403. The highest BCUT2D eigenvalue weighted by atomic mass is 35.5. The SMILES string of the molecule is Cc1ccc(Cn2cccc2C=NNC(=S)Nc2cccc(Cl)c2)cc1. The summed E-state index contributed by atoms with van der Waals surface area (Å²) in [6.45, 7) is 2.88. The largest absolute Gasteiger partial charge is 0.342 e. The normalized spacial score (nSPS) is 10.8. The van der Waals surface area contributed by atoms with Crippen LogP contribution in [0.3, 0.4) is 0 Å². The second kappa shape index (κ2) is 8.65. The number of halogens is 1. The summed E-state index contributed by atoms with van der Waals surface area (Å²) in [6.07, 6.45) is 3.78. The maximum Gasteiger partial charge on any atom is 0.191 e. The minimum Gasteiger partial charge on any atom is -0.342 e. The van der Waals surface area contributed by atoms with Gasteiger partial charge in [-0.2, -0.15) is 5.10 Å². The van der Waals surface area contributed by atoms with E-state index in [0.717, 1.165) is 17.9 Å². The predicted octanol–water partition coefficient (Wildman–Crippen LogP) is 4.82. The molecule has 1 aromatic heterocycles. The van der Waals surface area contributed by atoms with Crippen LogP contribution in [0.2, 0.25) is 5.02 Å². The first-order chi connectivity index (χ1) is 12.6. The fraction of sp³-hybridized carbons (Fsp3) is 0.100. The molecular weight excluding hydrogens is 364 g/mol. The Balaban J connectivity index is 1.58. The fourth-order valence-electron chi connectivity index (χ4n) is 2.46. The van der Waals surface area contributed by atoms with Gasteiger partial charge in [-0.1, -0.05) is 47.5 Å². The van der Waals surface area contributed by atoms with Gasteiger partial charge < -0.3 is 9.88 Å². The number of hydrogen-bond donors (Lipinski definition) is 2. The van der Waals surface area contributed by atoms with E-state index in [4.69, 9.17) is 23.8 Å². The van der Waals surface area contributed by atoms with E-state index in [1.165, 1.54) is 11.1 Å². The molecule has 132 valence electrons. The van der Waals surface area contributed by atoms with E-state index in [-0.39, 0.29) is 0 Å². The number of benzene rings is 2. The molecule has 6 heteroatoms. The van der Waals surface area contributed by atoms with Gasteiger partial charge in [-0.05, 0) is 55.0 Å². The lowest BCUT2D eigenvalue weighted by molar-refractivity contribution is 0.798. The Hall–Kier alpha value is -2.63. The molecule has 0 unspecified atom stereocenters. The van der Waals surface area contributed by atoms with E-state index in [2.05, 4.69) is 51.6 Å². The van der Waals surface area contributed by atoms with Crippen LogP contribution in [0, 0.1) is 6.92 Å². The lowest BCUT2D eigenvalue weighted by Gasteiger charge is -2.08. The number of aryl methyl sites for hydroxylation is 1. The zero-order chi connectivity index (χ0) is 18.4. The molecule has 0 aliphatic rings. The van der Waals surface area contributed by atoms with Gasteiger partial charge in [-0.3, -0.25) is 5.43 Å². The third kappa shape index (κ3) is 5.18. The van der Waals surface area contributed by atoms with E-state index >= 15 is 0 Å².